The molecule has 0 aromatic heterocycles. The number of rotatable bonds is 2. The highest BCUT2D eigenvalue weighted by Crippen LogP contribution is 2.18. The van der Waals surface area contributed by atoms with Gasteiger partial charge < -0.3 is 10.6 Å². The minimum atomic E-state index is -0.652. The van der Waals surface area contributed by atoms with Crippen molar-refractivity contribution in [1.82, 2.24) is 10.6 Å². The summed E-state index contributed by atoms with van der Waals surface area (Å²) < 4.78 is 13.6. The number of hydrogen-bond acceptors (Lipinski definition) is 2. The van der Waals surface area contributed by atoms with Crippen LogP contribution in [0.3, 0.4) is 0 Å². The van der Waals surface area contributed by atoms with E-state index in [1.807, 2.05) is 0 Å². The molecule has 100 valence electrons. The Kier molecular flexibility index (Phi) is 5.85. The summed E-state index contributed by atoms with van der Waals surface area (Å²) in [5, 5.41) is 6.00. The lowest BCUT2D eigenvalue weighted by atomic mass is 10.1. The molecule has 0 aliphatic carbocycles. The van der Waals surface area contributed by atoms with E-state index in [1.165, 1.54) is 12.1 Å². The standard InChI is InChI=1S/C12H14ClFN2O.ClH/c13-10-3-1-2-9(11(10)14)12(17)16-8-4-6-15-7-5-8;/h1-3,8,15H,4-7H2,(H,16,17);1H. The molecule has 1 saturated heterocycles. The molecule has 1 fully saturated rings. The molecule has 1 aliphatic rings. The van der Waals surface area contributed by atoms with E-state index in [1.54, 1.807) is 6.07 Å². The summed E-state index contributed by atoms with van der Waals surface area (Å²) in [4.78, 5) is 11.9. The first kappa shape index (κ1) is 15.2. The first-order chi connectivity index (χ1) is 8.18. The first-order valence-electron chi connectivity index (χ1n) is 5.64. The van der Waals surface area contributed by atoms with Crippen molar-refractivity contribution in [3.63, 3.8) is 0 Å². The van der Waals surface area contributed by atoms with Crippen molar-refractivity contribution in [2.75, 3.05) is 13.1 Å². The van der Waals surface area contributed by atoms with Gasteiger partial charge in [0.15, 0.2) is 5.82 Å². The van der Waals surface area contributed by atoms with Gasteiger partial charge in [0.2, 0.25) is 0 Å². The molecular weight excluding hydrogens is 278 g/mol. The van der Waals surface area contributed by atoms with E-state index < -0.39 is 11.7 Å². The third kappa shape index (κ3) is 3.57. The molecule has 0 unspecified atom stereocenters. The average Bonchev–Trinajstić information content (AvgIpc) is 2.34. The molecule has 1 aromatic carbocycles. The Bertz CT molecular complexity index is 423. The van der Waals surface area contributed by atoms with Crippen molar-refractivity contribution in [2.45, 2.75) is 18.9 Å². The van der Waals surface area contributed by atoms with Crippen LogP contribution >= 0.6 is 24.0 Å². The second-order valence-electron chi connectivity index (χ2n) is 4.10. The Hall–Kier alpha value is -0.840. The Morgan fingerprint density at radius 2 is 2.06 bits per heavy atom. The fourth-order valence-electron chi connectivity index (χ4n) is 1.91. The summed E-state index contributed by atoms with van der Waals surface area (Å²) in [5.74, 6) is -1.04. The minimum Gasteiger partial charge on any atom is -0.349 e. The molecule has 0 bridgehead atoms. The molecule has 0 spiro atoms. The second kappa shape index (κ2) is 6.92. The van der Waals surface area contributed by atoms with Crippen molar-refractivity contribution in [2.24, 2.45) is 0 Å². The van der Waals surface area contributed by atoms with Gasteiger partial charge in [-0.25, -0.2) is 4.39 Å². The Morgan fingerprint density at radius 1 is 1.39 bits per heavy atom. The molecule has 1 heterocycles. The van der Waals surface area contributed by atoms with Gasteiger partial charge in [-0.1, -0.05) is 17.7 Å². The van der Waals surface area contributed by atoms with Gasteiger partial charge in [-0.3, -0.25) is 4.79 Å². The fourth-order valence-corrected chi connectivity index (χ4v) is 2.08. The number of halogens is 3. The molecule has 0 atom stereocenters. The van der Waals surface area contributed by atoms with Crippen molar-refractivity contribution < 1.29 is 9.18 Å². The predicted molar refractivity (Wildman–Crippen MR) is 72.0 cm³/mol. The van der Waals surface area contributed by atoms with E-state index in [-0.39, 0.29) is 29.0 Å². The van der Waals surface area contributed by atoms with Crippen LogP contribution in [0.2, 0.25) is 5.02 Å². The first-order valence-corrected chi connectivity index (χ1v) is 6.02. The zero-order valence-electron chi connectivity index (χ0n) is 9.71. The monoisotopic (exact) mass is 292 g/mol. The number of carbonyl (C=O) groups is 1. The highest BCUT2D eigenvalue weighted by molar-refractivity contribution is 6.31. The zero-order valence-corrected chi connectivity index (χ0v) is 11.3. The van der Waals surface area contributed by atoms with Crippen LogP contribution in [0, 0.1) is 5.82 Å². The smallest absolute Gasteiger partial charge is 0.254 e. The number of hydrogen-bond donors (Lipinski definition) is 2. The number of piperidine rings is 1. The van der Waals surface area contributed by atoms with Gasteiger partial charge in [0.1, 0.15) is 0 Å². The average molecular weight is 293 g/mol. The van der Waals surface area contributed by atoms with E-state index in [0.29, 0.717) is 0 Å². The lowest BCUT2D eigenvalue weighted by Gasteiger charge is -2.23. The highest BCUT2D eigenvalue weighted by Gasteiger charge is 2.19. The van der Waals surface area contributed by atoms with Gasteiger partial charge in [-0.05, 0) is 38.1 Å². The van der Waals surface area contributed by atoms with E-state index in [9.17, 15) is 9.18 Å². The molecule has 6 heteroatoms. The van der Waals surface area contributed by atoms with Crippen LogP contribution in [-0.2, 0) is 0 Å². The molecule has 1 aliphatic heterocycles. The maximum Gasteiger partial charge on any atom is 0.254 e. The maximum atomic E-state index is 13.6. The minimum absolute atomic E-state index is 0. The van der Waals surface area contributed by atoms with Crippen LogP contribution in [0.25, 0.3) is 0 Å². The summed E-state index contributed by atoms with van der Waals surface area (Å²) in [6.45, 7) is 1.76. The summed E-state index contributed by atoms with van der Waals surface area (Å²) in [7, 11) is 0. The Labute approximate surface area is 116 Å². The molecule has 0 saturated carbocycles. The van der Waals surface area contributed by atoms with Crippen LogP contribution < -0.4 is 10.6 Å². The van der Waals surface area contributed by atoms with Gasteiger partial charge in [0.25, 0.3) is 5.91 Å². The molecular formula is C12H15Cl2FN2O. The molecule has 2 rings (SSSR count). The number of nitrogens with one attached hydrogen (secondary N) is 2. The molecule has 2 N–H and O–H groups in total. The van der Waals surface area contributed by atoms with Crippen LogP contribution in [0.5, 0.6) is 0 Å². The highest BCUT2D eigenvalue weighted by atomic mass is 35.5. The van der Waals surface area contributed by atoms with Crippen molar-refractivity contribution in [3.05, 3.63) is 34.6 Å². The zero-order chi connectivity index (χ0) is 12.3. The van der Waals surface area contributed by atoms with Crippen LogP contribution in [0.15, 0.2) is 18.2 Å². The summed E-state index contributed by atoms with van der Waals surface area (Å²) >= 11 is 5.64. The fraction of sp³-hybridized carbons (Fsp3) is 0.417. The summed E-state index contributed by atoms with van der Waals surface area (Å²) in [6.07, 6.45) is 1.74. The Morgan fingerprint density at radius 3 is 2.72 bits per heavy atom. The predicted octanol–water partition coefficient (Wildman–Crippen LogP) is 2.38. The van der Waals surface area contributed by atoms with Crippen molar-refractivity contribution in [3.8, 4) is 0 Å². The summed E-state index contributed by atoms with van der Waals surface area (Å²) in [5.41, 5.74) is 0.0102. The van der Waals surface area contributed by atoms with Crippen LogP contribution in [-0.4, -0.2) is 25.0 Å². The van der Waals surface area contributed by atoms with Crippen LogP contribution in [0.4, 0.5) is 4.39 Å². The lowest BCUT2D eigenvalue weighted by molar-refractivity contribution is 0.0925. The van der Waals surface area contributed by atoms with Gasteiger partial charge in [-0.15, -0.1) is 12.4 Å². The van der Waals surface area contributed by atoms with Gasteiger partial charge in [0, 0.05) is 6.04 Å². The molecule has 0 radical (unpaired) electrons. The second-order valence-corrected chi connectivity index (χ2v) is 4.51. The quantitative estimate of drug-likeness (QED) is 0.879. The van der Waals surface area contributed by atoms with Gasteiger partial charge >= 0.3 is 0 Å². The third-order valence-corrected chi connectivity index (χ3v) is 3.16. The molecule has 1 aromatic rings. The molecule has 18 heavy (non-hydrogen) atoms. The van der Waals surface area contributed by atoms with Crippen LogP contribution in [0.1, 0.15) is 23.2 Å². The van der Waals surface area contributed by atoms with Crippen molar-refractivity contribution >= 4 is 29.9 Å². The topological polar surface area (TPSA) is 41.1 Å². The van der Waals surface area contributed by atoms with E-state index in [0.717, 1.165) is 25.9 Å². The number of amides is 1. The molecule has 1 amide bonds. The molecule has 3 nitrogen and oxygen atoms in total. The SMILES string of the molecule is Cl.O=C(NC1CCNCC1)c1cccc(Cl)c1F. The Balaban J connectivity index is 0.00000162. The lowest BCUT2D eigenvalue weighted by Crippen LogP contribution is -2.42. The normalized spacial score (nSPS) is 15.9. The number of carbonyl (C=O) groups excluding carboxylic acids is 1. The number of benzene rings is 1. The third-order valence-electron chi connectivity index (χ3n) is 2.87. The maximum absolute atomic E-state index is 13.6. The van der Waals surface area contributed by atoms with E-state index in [2.05, 4.69) is 10.6 Å². The van der Waals surface area contributed by atoms with E-state index in [4.69, 9.17) is 11.6 Å². The largest absolute Gasteiger partial charge is 0.349 e. The van der Waals surface area contributed by atoms with Gasteiger partial charge in [-0.2, -0.15) is 0 Å². The van der Waals surface area contributed by atoms with Gasteiger partial charge in [0.05, 0.1) is 10.6 Å². The summed E-state index contributed by atoms with van der Waals surface area (Å²) in [6, 6.07) is 4.56. The van der Waals surface area contributed by atoms with Crippen molar-refractivity contribution in [1.29, 1.82) is 0 Å². The van der Waals surface area contributed by atoms with E-state index >= 15 is 0 Å².